The third kappa shape index (κ3) is 2.64. The van der Waals surface area contributed by atoms with Crippen molar-refractivity contribution in [3.05, 3.63) is 46.6 Å². The maximum Gasteiger partial charge on any atom is 0.319 e. The van der Waals surface area contributed by atoms with Crippen molar-refractivity contribution < 1.29 is 4.74 Å². The number of halogens is 1. The highest BCUT2D eigenvalue weighted by molar-refractivity contribution is 9.10. The molecule has 0 unspecified atom stereocenters. The molecule has 2 heterocycles. The van der Waals surface area contributed by atoms with Gasteiger partial charge in [0.2, 0.25) is 5.16 Å². The van der Waals surface area contributed by atoms with Gasteiger partial charge in [-0.15, -0.1) is 5.10 Å². The normalized spacial score (nSPS) is 10.9. The number of ether oxygens (including phenoxy) is 1. The van der Waals surface area contributed by atoms with Crippen molar-refractivity contribution in [2.24, 2.45) is 0 Å². The monoisotopic (exact) mass is 350 g/mol. The van der Waals surface area contributed by atoms with Crippen molar-refractivity contribution in [2.75, 3.05) is 7.11 Å². The third-order valence-electron chi connectivity index (χ3n) is 2.66. The van der Waals surface area contributed by atoms with Gasteiger partial charge in [0.05, 0.1) is 17.8 Å². The minimum absolute atomic E-state index is 0.419. The number of benzene rings is 1. The zero-order valence-electron chi connectivity index (χ0n) is 10.7. The summed E-state index contributed by atoms with van der Waals surface area (Å²) in [5.74, 6) is 0.824. The van der Waals surface area contributed by atoms with E-state index in [1.807, 2.05) is 18.2 Å². The molecule has 0 radical (unpaired) electrons. The number of aromatic nitrogens is 4. The van der Waals surface area contributed by atoms with Crippen LogP contribution in [0.5, 0.6) is 6.01 Å². The molecule has 0 fully saturated rings. The summed E-state index contributed by atoms with van der Waals surface area (Å²) in [6.45, 7) is 0. The van der Waals surface area contributed by atoms with Crippen LogP contribution in [0.3, 0.4) is 0 Å². The number of hydrogen-bond donors (Lipinski definition) is 0. The lowest BCUT2D eigenvalue weighted by Gasteiger charge is -2.00. The smallest absolute Gasteiger partial charge is 0.319 e. The first-order valence-electron chi connectivity index (χ1n) is 5.90. The molecule has 0 saturated carbocycles. The quantitative estimate of drug-likeness (QED) is 0.676. The topological polar surface area (TPSA) is 52.3 Å². The molecule has 0 aliphatic carbocycles. The molecule has 0 aliphatic heterocycles. The van der Waals surface area contributed by atoms with Gasteiger partial charge in [0, 0.05) is 5.75 Å². The van der Waals surface area contributed by atoms with Gasteiger partial charge in [-0.3, -0.25) is 0 Å². The summed E-state index contributed by atoms with van der Waals surface area (Å²) in [5.41, 5.74) is 1.94. The summed E-state index contributed by atoms with van der Waals surface area (Å²) < 4.78 is 7.56. The molecule has 7 heteroatoms. The van der Waals surface area contributed by atoms with Crippen LogP contribution < -0.4 is 4.74 Å². The van der Waals surface area contributed by atoms with Crippen LogP contribution in [0.15, 0.2) is 46.2 Å². The van der Waals surface area contributed by atoms with Crippen LogP contribution in [0.4, 0.5) is 0 Å². The van der Waals surface area contributed by atoms with Crippen molar-refractivity contribution >= 4 is 33.3 Å². The van der Waals surface area contributed by atoms with E-state index in [9.17, 15) is 0 Å². The summed E-state index contributed by atoms with van der Waals surface area (Å²) in [6, 6.07) is 10.6. The first kappa shape index (κ1) is 13.4. The molecule has 3 rings (SSSR count). The van der Waals surface area contributed by atoms with E-state index in [2.05, 4.69) is 43.1 Å². The number of fused-ring (bicyclic) bond motifs is 1. The van der Waals surface area contributed by atoms with Crippen LogP contribution in [0, 0.1) is 0 Å². The summed E-state index contributed by atoms with van der Waals surface area (Å²) in [4.78, 5) is 8.62. The molecule has 3 aromatic rings. The minimum atomic E-state index is 0.419. The summed E-state index contributed by atoms with van der Waals surface area (Å²) in [6.07, 6.45) is 1.66. The number of thioether (sulfide) groups is 1. The first-order valence-corrected chi connectivity index (χ1v) is 7.68. The van der Waals surface area contributed by atoms with Crippen LogP contribution in [0.1, 0.15) is 5.56 Å². The van der Waals surface area contributed by atoms with E-state index in [1.165, 1.54) is 5.56 Å². The van der Waals surface area contributed by atoms with Gasteiger partial charge >= 0.3 is 6.01 Å². The van der Waals surface area contributed by atoms with Crippen molar-refractivity contribution in [3.63, 3.8) is 0 Å². The fourth-order valence-corrected chi connectivity index (χ4v) is 2.87. The van der Waals surface area contributed by atoms with Crippen LogP contribution in [0.2, 0.25) is 0 Å². The molecule has 0 amide bonds. The Kier molecular flexibility index (Phi) is 3.88. The molecule has 20 heavy (non-hydrogen) atoms. The summed E-state index contributed by atoms with van der Waals surface area (Å²) >= 11 is 5.00. The predicted molar refractivity (Wildman–Crippen MR) is 81.0 cm³/mol. The number of hydrogen-bond acceptors (Lipinski definition) is 5. The Morgan fingerprint density at radius 2 is 2.10 bits per heavy atom. The zero-order chi connectivity index (χ0) is 13.9. The van der Waals surface area contributed by atoms with E-state index < -0.39 is 0 Å². The van der Waals surface area contributed by atoms with Crippen molar-refractivity contribution in [3.8, 4) is 6.01 Å². The van der Waals surface area contributed by atoms with E-state index in [1.54, 1.807) is 29.6 Å². The van der Waals surface area contributed by atoms with Gasteiger partial charge in [-0.25, -0.2) is 9.97 Å². The second-order valence-corrected chi connectivity index (χ2v) is 5.79. The lowest BCUT2D eigenvalue weighted by Crippen LogP contribution is -1.98. The molecule has 1 aromatic carbocycles. The molecule has 0 bridgehead atoms. The van der Waals surface area contributed by atoms with Crippen LogP contribution >= 0.6 is 27.7 Å². The van der Waals surface area contributed by atoms with Gasteiger partial charge in [0.1, 0.15) is 0 Å². The minimum Gasteiger partial charge on any atom is -0.467 e. The van der Waals surface area contributed by atoms with Gasteiger partial charge in [-0.05, 0) is 21.5 Å². The predicted octanol–water partition coefficient (Wildman–Crippen LogP) is 3.19. The molecule has 102 valence electrons. The zero-order valence-corrected chi connectivity index (χ0v) is 13.1. The van der Waals surface area contributed by atoms with E-state index in [0.717, 1.165) is 10.2 Å². The van der Waals surface area contributed by atoms with E-state index in [4.69, 9.17) is 4.74 Å². The Bertz CT molecular complexity index is 732. The maximum atomic E-state index is 5.18. The van der Waals surface area contributed by atoms with Crippen LogP contribution in [-0.2, 0) is 5.75 Å². The Morgan fingerprint density at radius 3 is 2.85 bits per heavy atom. The van der Waals surface area contributed by atoms with Gasteiger partial charge in [-0.2, -0.15) is 4.52 Å². The molecular weight excluding hydrogens is 340 g/mol. The van der Waals surface area contributed by atoms with E-state index >= 15 is 0 Å². The molecular formula is C13H11BrN4OS. The molecule has 0 saturated heterocycles. The van der Waals surface area contributed by atoms with Crippen molar-refractivity contribution in [1.82, 2.24) is 19.6 Å². The maximum absolute atomic E-state index is 5.18. The average molecular weight is 351 g/mol. The number of nitrogens with zero attached hydrogens (tertiary/aromatic N) is 4. The number of rotatable bonds is 4. The van der Waals surface area contributed by atoms with Crippen molar-refractivity contribution in [2.45, 2.75) is 10.9 Å². The standard InChI is InChI=1S/C13H11BrN4OS/c1-19-13-15-7-10(14)11-16-12(17-18(11)13)20-8-9-5-3-2-4-6-9/h2-7H,8H2,1H3. The van der Waals surface area contributed by atoms with Gasteiger partial charge in [-0.1, -0.05) is 42.1 Å². The van der Waals surface area contributed by atoms with Crippen molar-refractivity contribution in [1.29, 1.82) is 0 Å². The second-order valence-electron chi connectivity index (χ2n) is 4.00. The highest BCUT2D eigenvalue weighted by atomic mass is 79.9. The SMILES string of the molecule is COc1ncc(Br)c2nc(SCc3ccccc3)nn12. The average Bonchev–Trinajstić information content (AvgIpc) is 2.92. The third-order valence-corrected chi connectivity index (χ3v) is 4.13. The lowest BCUT2D eigenvalue weighted by molar-refractivity contribution is 0.366. The van der Waals surface area contributed by atoms with Crippen LogP contribution in [-0.4, -0.2) is 26.7 Å². The fraction of sp³-hybridized carbons (Fsp3) is 0.154. The summed E-state index contributed by atoms with van der Waals surface area (Å²) in [7, 11) is 1.56. The largest absolute Gasteiger partial charge is 0.467 e. The van der Waals surface area contributed by atoms with Gasteiger partial charge < -0.3 is 4.74 Å². The molecule has 0 atom stereocenters. The molecule has 2 aromatic heterocycles. The second kappa shape index (κ2) is 5.80. The van der Waals surface area contributed by atoms with E-state index in [0.29, 0.717) is 16.8 Å². The molecule has 0 aliphatic rings. The Morgan fingerprint density at radius 1 is 1.30 bits per heavy atom. The highest BCUT2D eigenvalue weighted by Crippen LogP contribution is 2.24. The first-order chi connectivity index (χ1) is 9.78. The van der Waals surface area contributed by atoms with Crippen LogP contribution in [0.25, 0.3) is 5.65 Å². The molecule has 0 N–H and O–H groups in total. The Balaban J connectivity index is 1.88. The Labute approximate surface area is 128 Å². The lowest BCUT2D eigenvalue weighted by atomic mass is 10.2. The molecule has 0 spiro atoms. The Hall–Kier alpha value is -1.60. The fourth-order valence-electron chi connectivity index (χ4n) is 1.73. The van der Waals surface area contributed by atoms with Gasteiger partial charge in [0.25, 0.3) is 0 Å². The molecule has 5 nitrogen and oxygen atoms in total. The van der Waals surface area contributed by atoms with E-state index in [-0.39, 0.29) is 0 Å². The number of methoxy groups -OCH3 is 1. The highest BCUT2D eigenvalue weighted by Gasteiger charge is 2.12. The van der Waals surface area contributed by atoms with Gasteiger partial charge in [0.15, 0.2) is 5.65 Å². The summed E-state index contributed by atoms with van der Waals surface area (Å²) in [5, 5.41) is 5.11.